The number of esters is 1. The van der Waals surface area contributed by atoms with Gasteiger partial charge in [-0.2, -0.15) is 0 Å². The van der Waals surface area contributed by atoms with Gasteiger partial charge in [0.2, 0.25) is 0 Å². The molecule has 0 aliphatic carbocycles. The third-order valence-corrected chi connectivity index (χ3v) is 4.20. The summed E-state index contributed by atoms with van der Waals surface area (Å²) in [5, 5.41) is 10.2. The summed E-state index contributed by atoms with van der Waals surface area (Å²) in [5.74, 6) is -1.84. The van der Waals surface area contributed by atoms with E-state index >= 15 is 0 Å². The molecule has 26 heavy (non-hydrogen) atoms. The van der Waals surface area contributed by atoms with Crippen LogP contribution in [0.25, 0.3) is 0 Å². The maximum atomic E-state index is 13.3. The number of pyridine rings is 1. The van der Waals surface area contributed by atoms with Crippen LogP contribution in [-0.4, -0.2) is 28.4 Å². The molecule has 1 heterocycles. The average Bonchev–Trinajstić information content (AvgIpc) is 2.57. The molecule has 0 bridgehead atoms. The summed E-state index contributed by atoms with van der Waals surface area (Å²) >= 11 is 12.0. The number of rotatable bonds is 7. The first-order chi connectivity index (χ1) is 12.3. The van der Waals surface area contributed by atoms with Crippen molar-refractivity contribution < 1.29 is 23.8 Å². The van der Waals surface area contributed by atoms with Crippen LogP contribution < -0.4 is 0 Å². The van der Waals surface area contributed by atoms with Gasteiger partial charge in [0, 0.05) is 28.6 Å². The van der Waals surface area contributed by atoms with E-state index in [-0.39, 0.29) is 47.4 Å². The van der Waals surface area contributed by atoms with E-state index in [0.29, 0.717) is 11.3 Å². The number of halogens is 3. The molecule has 0 saturated heterocycles. The molecule has 0 aliphatic rings. The van der Waals surface area contributed by atoms with Crippen molar-refractivity contribution in [1.82, 2.24) is 4.98 Å². The van der Waals surface area contributed by atoms with E-state index in [0.717, 1.165) is 12.1 Å². The number of carbonyl (C=O) groups excluding carboxylic acids is 2. The van der Waals surface area contributed by atoms with Crippen LogP contribution in [0.15, 0.2) is 24.3 Å². The van der Waals surface area contributed by atoms with Crippen LogP contribution in [0.3, 0.4) is 0 Å². The molecule has 1 aromatic carbocycles. The Morgan fingerprint density at radius 1 is 1.19 bits per heavy atom. The lowest BCUT2D eigenvalue weighted by atomic mass is 10.1. The van der Waals surface area contributed by atoms with E-state index in [4.69, 9.17) is 27.9 Å². The number of aromatic hydroxyl groups is 1. The first-order valence-electron chi connectivity index (χ1n) is 7.83. The molecule has 2 rings (SSSR count). The zero-order valence-corrected chi connectivity index (χ0v) is 15.4. The van der Waals surface area contributed by atoms with Crippen LogP contribution in [0.4, 0.5) is 4.39 Å². The topological polar surface area (TPSA) is 76.5 Å². The molecule has 8 heteroatoms. The lowest BCUT2D eigenvalue weighted by Gasteiger charge is -2.09. The van der Waals surface area contributed by atoms with E-state index < -0.39 is 17.6 Å². The number of nitrogens with zero attached hydrogens (tertiary/aromatic N) is 1. The largest absolute Gasteiger partial charge is 0.506 e. The highest BCUT2D eigenvalue weighted by atomic mass is 35.5. The highest BCUT2D eigenvalue weighted by Crippen LogP contribution is 2.29. The van der Waals surface area contributed by atoms with Gasteiger partial charge in [-0.1, -0.05) is 23.2 Å². The molecular formula is C18H16Cl2FNO4. The number of Topliss-reactive ketones (excluding diaryl/α,β-unsaturated/α-hetero) is 1. The number of carbonyl (C=O) groups is 2. The van der Waals surface area contributed by atoms with Crippen molar-refractivity contribution in [1.29, 1.82) is 0 Å². The zero-order chi connectivity index (χ0) is 19.3. The number of aromatic nitrogens is 1. The molecule has 2 aromatic rings. The molecule has 0 spiro atoms. The lowest BCUT2D eigenvalue weighted by molar-refractivity contribution is -0.143. The van der Waals surface area contributed by atoms with Crippen LogP contribution in [0, 0.1) is 5.82 Å². The standard InChI is InChI=1S/C18H16Cl2FNO4/c1-2-26-17(25)6-5-16(24)18-15(23)4-3-11(22-18)9-12-13(19)7-10(21)8-14(12)20/h3-4,7-8,23H,2,5-6,9H2,1H3. The molecule has 0 aliphatic heterocycles. The van der Waals surface area contributed by atoms with Crippen molar-refractivity contribution in [3.05, 3.63) is 57.1 Å². The van der Waals surface area contributed by atoms with E-state index in [1.807, 2.05) is 0 Å². The van der Waals surface area contributed by atoms with Gasteiger partial charge in [-0.25, -0.2) is 9.37 Å². The molecule has 5 nitrogen and oxygen atoms in total. The van der Waals surface area contributed by atoms with Gasteiger partial charge in [0.05, 0.1) is 13.0 Å². The molecule has 0 fully saturated rings. The lowest BCUT2D eigenvalue weighted by Crippen LogP contribution is -2.10. The van der Waals surface area contributed by atoms with E-state index in [2.05, 4.69) is 4.98 Å². The van der Waals surface area contributed by atoms with Gasteiger partial charge in [-0.15, -0.1) is 0 Å². The molecule has 0 radical (unpaired) electrons. The summed E-state index contributed by atoms with van der Waals surface area (Å²) < 4.78 is 18.0. The fourth-order valence-electron chi connectivity index (χ4n) is 2.29. The predicted molar refractivity (Wildman–Crippen MR) is 95.3 cm³/mol. The van der Waals surface area contributed by atoms with Crippen LogP contribution in [0.5, 0.6) is 5.75 Å². The van der Waals surface area contributed by atoms with Crippen molar-refractivity contribution in [2.45, 2.75) is 26.2 Å². The molecule has 138 valence electrons. The summed E-state index contributed by atoms with van der Waals surface area (Å²) in [5.41, 5.74) is 0.719. The van der Waals surface area contributed by atoms with Crippen molar-refractivity contribution in [3.8, 4) is 5.75 Å². The summed E-state index contributed by atoms with van der Waals surface area (Å²) in [7, 11) is 0. The Bertz CT molecular complexity index is 819. The van der Waals surface area contributed by atoms with Gasteiger partial charge >= 0.3 is 5.97 Å². The fourth-order valence-corrected chi connectivity index (χ4v) is 2.88. The van der Waals surface area contributed by atoms with Crippen LogP contribution in [0.2, 0.25) is 10.0 Å². The molecular weight excluding hydrogens is 384 g/mol. The summed E-state index contributed by atoms with van der Waals surface area (Å²) in [4.78, 5) is 27.7. The van der Waals surface area contributed by atoms with Gasteiger partial charge < -0.3 is 9.84 Å². The fraction of sp³-hybridized carbons (Fsp3) is 0.278. The highest BCUT2D eigenvalue weighted by Gasteiger charge is 2.17. The minimum absolute atomic E-state index is 0.104. The highest BCUT2D eigenvalue weighted by molar-refractivity contribution is 6.36. The van der Waals surface area contributed by atoms with Crippen molar-refractivity contribution >= 4 is 35.0 Å². The summed E-state index contributed by atoms with van der Waals surface area (Å²) in [6.07, 6.45) is -0.0923. The van der Waals surface area contributed by atoms with Gasteiger partial charge in [0.15, 0.2) is 5.78 Å². The number of ether oxygens (including phenoxy) is 1. The van der Waals surface area contributed by atoms with Gasteiger partial charge in [0.25, 0.3) is 0 Å². The molecule has 1 N–H and O–H groups in total. The van der Waals surface area contributed by atoms with Crippen molar-refractivity contribution in [2.24, 2.45) is 0 Å². The minimum atomic E-state index is -0.558. The van der Waals surface area contributed by atoms with E-state index in [9.17, 15) is 19.1 Å². The Morgan fingerprint density at radius 2 is 1.85 bits per heavy atom. The second-order valence-corrected chi connectivity index (χ2v) is 6.24. The van der Waals surface area contributed by atoms with E-state index in [1.165, 1.54) is 12.1 Å². The molecule has 1 aromatic heterocycles. The molecule has 0 saturated carbocycles. The van der Waals surface area contributed by atoms with Crippen LogP contribution in [-0.2, 0) is 16.0 Å². The number of hydrogen-bond donors (Lipinski definition) is 1. The van der Waals surface area contributed by atoms with Crippen molar-refractivity contribution in [2.75, 3.05) is 6.61 Å². The van der Waals surface area contributed by atoms with Crippen LogP contribution >= 0.6 is 23.2 Å². The third kappa shape index (κ3) is 5.16. The van der Waals surface area contributed by atoms with Gasteiger partial charge in [-0.05, 0) is 36.8 Å². The van der Waals surface area contributed by atoms with E-state index in [1.54, 1.807) is 6.92 Å². The Hall–Kier alpha value is -2.18. The average molecular weight is 400 g/mol. The summed E-state index contributed by atoms with van der Waals surface area (Å²) in [6, 6.07) is 5.10. The number of hydrogen-bond acceptors (Lipinski definition) is 5. The quantitative estimate of drug-likeness (QED) is 0.553. The van der Waals surface area contributed by atoms with Crippen LogP contribution in [0.1, 0.15) is 41.5 Å². The predicted octanol–water partition coefficient (Wildman–Crippen LogP) is 4.35. The third-order valence-electron chi connectivity index (χ3n) is 3.52. The first kappa shape index (κ1) is 20.1. The molecule has 0 amide bonds. The van der Waals surface area contributed by atoms with Gasteiger partial charge in [-0.3, -0.25) is 9.59 Å². The Balaban J connectivity index is 2.19. The second-order valence-electron chi connectivity index (χ2n) is 5.42. The summed E-state index contributed by atoms with van der Waals surface area (Å²) in [6.45, 7) is 1.90. The normalized spacial score (nSPS) is 10.6. The van der Waals surface area contributed by atoms with Crippen molar-refractivity contribution in [3.63, 3.8) is 0 Å². The second kappa shape index (κ2) is 8.96. The number of ketones is 1. The SMILES string of the molecule is CCOC(=O)CCC(=O)c1nc(Cc2c(Cl)cc(F)cc2Cl)ccc1O. The Morgan fingerprint density at radius 3 is 2.46 bits per heavy atom. The monoisotopic (exact) mass is 399 g/mol. The minimum Gasteiger partial charge on any atom is -0.506 e. The first-order valence-corrected chi connectivity index (χ1v) is 8.58. The number of benzene rings is 1. The Labute approximate surface area is 159 Å². The maximum absolute atomic E-state index is 13.3. The smallest absolute Gasteiger partial charge is 0.306 e. The van der Waals surface area contributed by atoms with Gasteiger partial charge in [0.1, 0.15) is 17.3 Å². The Kier molecular flexibility index (Phi) is 6.94. The zero-order valence-electron chi connectivity index (χ0n) is 13.9. The molecule has 0 unspecified atom stereocenters. The maximum Gasteiger partial charge on any atom is 0.306 e. The molecule has 0 atom stereocenters.